The lowest BCUT2D eigenvalue weighted by molar-refractivity contribution is -0.141. The minimum Gasteiger partial charge on any atom is -0.457 e. The largest absolute Gasteiger partial charge is 0.457 e. The van der Waals surface area contributed by atoms with Crippen molar-refractivity contribution in [1.29, 1.82) is 0 Å². The number of carbonyl (C=O) groups is 1. The summed E-state index contributed by atoms with van der Waals surface area (Å²) in [5, 5.41) is 0. The highest BCUT2D eigenvalue weighted by Gasteiger charge is 2.38. The fourth-order valence-electron chi connectivity index (χ4n) is 1.62. The average molecular weight is 312 g/mol. The molecule has 0 fully saturated rings. The van der Waals surface area contributed by atoms with Crippen molar-refractivity contribution < 1.29 is 22.7 Å². The van der Waals surface area contributed by atoms with Crippen molar-refractivity contribution in [3.63, 3.8) is 0 Å². The van der Waals surface area contributed by atoms with Gasteiger partial charge in [-0.2, -0.15) is 13.2 Å². The zero-order valence-electron chi connectivity index (χ0n) is 11.1. The summed E-state index contributed by atoms with van der Waals surface area (Å²) in [6, 6.07) is 8.55. The van der Waals surface area contributed by atoms with Crippen LogP contribution >= 0.6 is 0 Å². The molecule has 1 aromatic carbocycles. The fourth-order valence-corrected chi connectivity index (χ4v) is 1.62. The molecular formula is C13H11F3N4O2. The van der Waals surface area contributed by atoms with Gasteiger partial charge in [-0.3, -0.25) is 5.43 Å². The van der Waals surface area contributed by atoms with Gasteiger partial charge in [0, 0.05) is 6.20 Å². The van der Waals surface area contributed by atoms with E-state index in [4.69, 9.17) is 10.6 Å². The molecule has 0 aliphatic rings. The second kappa shape index (κ2) is 6.39. The Morgan fingerprint density at radius 3 is 2.55 bits per heavy atom. The van der Waals surface area contributed by atoms with Gasteiger partial charge < -0.3 is 4.74 Å². The Hall–Kier alpha value is -2.68. The molecule has 0 unspecified atom stereocenters. The molecule has 9 heteroatoms. The van der Waals surface area contributed by atoms with Gasteiger partial charge in [-0.1, -0.05) is 30.3 Å². The number of hydrogen-bond donors (Lipinski definition) is 2. The lowest BCUT2D eigenvalue weighted by Gasteiger charge is -2.12. The van der Waals surface area contributed by atoms with Crippen LogP contribution in [0.5, 0.6) is 0 Å². The van der Waals surface area contributed by atoms with Gasteiger partial charge in [0.2, 0.25) is 5.95 Å². The van der Waals surface area contributed by atoms with Gasteiger partial charge in [0.25, 0.3) is 0 Å². The summed E-state index contributed by atoms with van der Waals surface area (Å²) >= 11 is 0. The molecular weight excluding hydrogens is 301 g/mol. The number of halogens is 3. The maximum atomic E-state index is 12.9. The van der Waals surface area contributed by atoms with E-state index in [1.54, 1.807) is 30.3 Å². The first-order valence-electron chi connectivity index (χ1n) is 6.03. The van der Waals surface area contributed by atoms with E-state index in [0.717, 1.165) is 6.20 Å². The number of esters is 1. The van der Waals surface area contributed by atoms with Crippen molar-refractivity contribution in [3.05, 3.63) is 53.3 Å². The summed E-state index contributed by atoms with van der Waals surface area (Å²) in [6.07, 6.45) is -4.12. The molecule has 0 radical (unpaired) electrons. The number of ether oxygens (including phenoxy) is 1. The molecule has 6 nitrogen and oxygen atoms in total. The SMILES string of the molecule is NNc1ncc(C(=O)OCc2ccccc2)c(C(F)(F)F)n1. The minimum absolute atomic E-state index is 0.159. The van der Waals surface area contributed by atoms with Crippen molar-refractivity contribution >= 4 is 11.9 Å². The predicted molar refractivity (Wildman–Crippen MR) is 70.4 cm³/mol. The van der Waals surface area contributed by atoms with Gasteiger partial charge in [-0.15, -0.1) is 0 Å². The first-order valence-corrected chi connectivity index (χ1v) is 6.03. The van der Waals surface area contributed by atoms with Crippen LogP contribution in [0.4, 0.5) is 19.1 Å². The average Bonchev–Trinajstić information content (AvgIpc) is 2.52. The highest BCUT2D eigenvalue weighted by atomic mass is 19.4. The first kappa shape index (κ1) is 15.7. The molecule has 0 saturated carbocycles. The molecule has 0 amide bonds. The van der Waals surface area contributed by atoms with Gasteiger partial charge in [-0.25, -0.2) is 20.6 Å². The Kier molecular flexibility index (Phi) is 4.56. The van der Waals surface area contributed by atoms with Gasteiger partial charge in [-0.05, 0) is 5.56 Å². The molecule has 0 bridgehead atoms. The predicted octanol–water partition coefficient (Wildman–Crippen LogP) is 2.14. The van der Waals surface area contributed by atoms with E-state index >= 15 is 0 Å². The first-order chi connectivity index (χ1) is 10.4. The number of nitrogens with zero attached hydrogens (tertiary/aromatic N) is 2. The summed E-state index contributed by atoms with van der Waals surface area (Å²) in [4.78, 5) is 18.5. The quantitative estimate of drug-likeness (QED) is 0.511. The van der Waals surface area contributed by atoms with E-state index in [1.165, 1.54) is 0 Å². The van der Waals surface area contributed by atoms with Crippen LogP contribution in [0.15, 0.2) is 36.5 Å². The number of nitrogens with one attached hydrogen (secondary N) is 1. The number of hydrazine groups is 1. The topological polar surface area (TPSA) is 90.1 Å². The Morgan fingerprint density at radius 1 is 1.27 bits per heavy atom. The third-order valence-electron chi connectivity index (χ3n) is 2.62. The van der Waals surface area contributed by atoms with Crippen molar-refractivity contribution in [3.8, 4) is 0 Å². The smallest absolute Gasteiger partial charge is 0.434 e. The fraction of sp³-hybridized carbons (Fsp3) is 0.154. The van der Waals surface area contributed by atoms with Crippen LogP contribution in [0.3, 0.4) is 0 Å². The summed E-state index contributed by atoms with van der Waals surface area (Å²) in [5.74, 6) is 3.35. The van der Waals surface area contributed by atoms with Crippen LogP contribution in [0, 0.1) is 0 Å². The Labute approximate surface area is 123 Å². The minimum atomic E-state index is -4.84. The van der Waals surface area contributed by atoms with E-state index in [-0.39, 0.29) is 6.61 Å². The molecule has 2 rings (SSSR count). The molecule has 0 aliphatic carbocycles. The molecule has 2 aromatic rings. The van der Waals surface area contributed by atoms with E-state index in [0.29, 0.717) is 5.56 Å². The second-order valence-corrected chi connectivity index (χ2v) is 4.16. The van der Waals surface area contributed by atoms with E-state index in [9.17, 15) is 18.0 Å². The Bertz CT molecular complexity index is 662. The lowest BCUT2D eigenvalue weighted by Crippen LogP contribution is -2.20. The number of nitrogens with two attached hydrogens (primary N) is 1. The van der Waals surface area contributed by atoms with Crippen molar-refractivity contribution in [1.82, 2.24) is 9.97 Å². The number of benzene rings is 1. The maximum Gasteiger partial charge on any atom is 0.434 e. The normalized spacial score (nSPS) is 11.1. The third kappa shape index (κ3) is 3.70. The van der Waals surface area contributed by atoms with Crippen molar-refractivity contribution in [2.75, 3.05) is 5.43 Å². The summed E-state index contributed by atoms with van der Waals surface area (Å²) in [5.41, 5.74) is 0.349. The second-order valence-electron chi connectivity index (χ2n) is 4.16. The van der Waals surface area contributed by atoms with E-state index in [2.05, 4.69) is 9.97 Å². The van der Waals surface area contributed by atoms with Crippen molar-refractivity contribution in [2.24, 2.45) is 5.84 Å². The number of carbonyl (C=O) groups excluding carboxylic acids is 1. The highest BCUT2D eigenvalue weighted by Crippen LogP contribution is 2.31. The molecule has 1 heterocycles. The van der Waals surface area contributed by atoms with Gasteiger partial charge >= 0.3 is 12.1 Å². The van der Waals surface area contributed by atoms with Crippen LogP contribution in [0.1, 0.15) is 21.6 Å². The molecule has 1 aromatic heterocycles. The summed E-state index contributed by atoms with van der Waals surface area (Å²) in [7, 11) is 0. The molecule has 22 heavy (non-hydrogen) atoms. The Balaban J connectivity index is 2.22. The maximum absolute atomic E-state index is 12.9. The number of rotatable bonds is 4. The van der Waals surface area contributed by atoms with E-state index < -0.39 is 29.4 Å². The number of anilines is 1. The Morgan fingerprint density at radius 2 is 1.95 bits per heavy atom. The number of nitrogen functional groups attached to an aromatic ring is 1. The van der Waals surface area contributed by atoms with Crippen LogP contribution < -0.4 is 11.3 Å². The third-order valence-corrected chi connectivity index (χ3v) is 2.62. The highest BCUT2D eigenvalue weighted by molar-refractivity contribution is 5.90. The summed E-state index contributed by atoms with van der Waals surface area (Å²) < 4.78 is 43.6. The van der Waals surface area contributed by atoms with Crippen LogP contribution in [0.25, 0.3) is 0 Å². The molecule has 0 aliphatic heterocycles. The number of hydrogen-bond acceptors (Lipinski definition) is 6. The molecule has 0 saturated heterocycles. The van der Waals surface area contributed by atoms with E-state index in [1.807, 2.05) is 5.43 Å². The van der Waals surface area contributed by atoms with Crippen LogP contribution in [-0.2, 0) is 17.5 Å². The molecule has 0 atom stereocenters. The lowest BCUT2D eigenvalue weighted by atomic mass is 10.2. The molecule has 0 spiro atoms. The van der Waals surface area contributed by atoms with Crippen LogP contribution in [-0.4, -0.2) is 15.9 Å². The molecule has 116 valence electrons. The zero-order valence-corrected chi connectivity index (χ0v) is 11.1. The number of aromatic nitrogens is 2. The van der Waals surface area contributed by atoms with Gasteiger partial charge in [0.15, 0.2) is 5.69 Å². The van der Waals surface area contributed by atoms with Gasteiger partial charge in [0.1, 0.15) is 12.2 Å². The zero-order chi connectivity index (χ0) is 16.2. The molecule has 3 N–H and O–H groups in total. The van der Waals surface area contributed by atoms with Crippen molar-refractivity contribution in [2.45, 2.75) is 12.8 Å². The number of alkyl halides is 3. The summed E-state index contributed by atoms with van der Waals surface area (Å²) in [6.45, 7) is -0.159. The standard InChI is InChI=1S/C13H11F3N4O2/c14-13(15,16)10-9(6-18-12(19-10)20-17)11(21)22-7-8-4-2-1-3-5-8/h1-6H,7,17H2,(H,18,19,20). The monoisotopic (exact) mass is 312 g/mol. The van der Waals surface area contributed by atoms with Gasteiger partial charge in [0.05, 0.1) is 0 Å². The van der Waals surface area contributed by atoms with Crippen LogP contribution in [0.2, 0.25) is 0 Å².